The van der Waals surface area contributed by atoms with Gasteiger partial charge < -0.3 is 5.11 Å². The molecule has 0 bridgehead atoms. The van der Waals surface area contributed by atoms with Gasteiger partial charge in [-0.2, -0.15) is 0 Å². The van der Waals surface area contributed by atoms with Gasteiger partial charge in [0, 0.05) is 0 Å². The number of rotatable bonds is 11. The van der Waals surface area contributed by atoms with Gasteiger partial charge in [-0.25, -0.2) is 0 Å². The van der Waals surface area contributed by atoms with Crippen LogP contribution in [0.4, 0.5) is 0 Å². The van der Waals surface area contributed by atoms with Gasteiger partial charge in [0.1, 0.15) is 0 Å². The SMILES string of the molecule is CC1=C(/C=C/C(C)/C=C/C=C(C)/C=C/C=C/C(C)=C/C=C/C(C)=C/CC2=C(C)CCCC2(C)C)C(C)(C)C[C@@H](O)C1. The molecule has 2 aliphatic carbocycles. The average Bonchev–Trinajstić information content (AvgIpc) is 2.84. The third-order valence-corrected chi connectivity index (χ3v) is 8.68. The summed E-state index contributed by atoms with van der Waals surface area (Å²) in [5, 5.41) is 10.1. The van der Waals surface area contributed by atoms with E-state index in [1.54, 1.807) is 11.1 Å². The van der Waals surface area contributed by atoms with Crippen LogP contribution in [0.2, 0.25) is 0 Å². The van der Waals surface area contributed by atoms with E-state index in [4.69, 9.17) is 0 Å². The highest BCUT2D eigenvalue weighted by Crippen LogP contribution is 2.42. The van der Waals surface area contributed by atoms with Crippen molar-refractivity contribution in [1.29, 1.82) is 0 Å². The molecule has 224 valence electrons. The molecule has 0 aromatic rings. The van der Waals surface area contributed by atoms with Crippen LogP contribution in [0, 0.1) is 16.7 Å². The minimum absolute atomic E-state index is 0.0274. The van der Waals surface area contributed by atoms with Gasteiger partial charge in [-0.1, -0.05) is 147 Å². The van der Waals surface area contributed by atoms with Crippen molar-refractivity contribution in [3.8, 4) is 0 Å². The highest BCUT2D eigenvalue weighted by molar-refractivity contribution is 5.35. The normalized spacial score (nSPS) is 23.9. The van der Waals surface area contributed by atoms with Crippen molar-refractivity contribution in [2.45, 2.75) is 114 Å². The zero-order valence-electron chi connectivity index (χ0n) is 27.9. The molecule has 0 aromatic heterocycles. The van der Waals surface area contributed by atoms with Gasteiger partial charge in [-0.05, 0) is 95.5 Å². The predicted octanol–water partition coefficient (Wildman–Crippen LogP) is 11.7. The lowest BCUT2D eigenvalue weighted by Crippen LogP contribution is -2.28. The first kappa shape index (κ1) is 34.6. The van der Waals surface area contributed by atoms with Gasteiger partial charge in [0.25, 0.3) is 0 Å². The minimum atomic E-state index is -0.213. The van der Waals surface area contributed by atoms with Crippen LogP contribution in [0.25, 0.3) is 0 Å². The molecule has 0 amide bonds. The molecule has 0 radical (unpaired) electrons. The Morgan fingerprint density at radius 2 is 1.44 bits per heavy atom. The average molecular weight is 555 g/mol. The smallest absolute Gasteiger partial charge is 0.0585 e. The first-order valence-electron chi connectivity index (χ1n) is 15.7. The molecule has 1 heteroatoms. The fourth-order valence-corrected chi connectivity index (χ4v) is 6.21. The van der Waals surface area contributed by atoms with E-state index in [0.29, 0.717) is 11.3 Å². The summed E-state index contributed by atoms with van der Waals surface area (Å²) >= 11 is 0. The predicted molar refractivity (Wildman–Crippen MR) is 183 cm³/mol. The standard InChI is InChI=1S/C40H58O/c1-30(18-13-20-32(3)23-25-37-34(5)22-15-27-39(37,7)8)16-11-12-17-31(2)19-14-21-33(4)24-26-38-35(6)28-36(41)29-40(38,9)10/h11-14,16-21,23-24,26,33,36,41H,15,22,25,27-29H2,1-10H3/b16-11+,17-12+,20-13+,21-14+,26-24+,30-18+,31-19+,32-23+/t33?,36-/m0/s1. The Labute approximate surface area is 253 Å². The summed E-state index contributed by atoms with van der Waals surface area (Å²) < 4.78 is 0. The number of hydrogen-bond donors (Lipinski definition) is 1. The molecule has 41 heavy (non-hydrogen) atoms. The van der Waals surface area contributed by atoms with Crippen LogP contribution < -0.4 is 0 Å². The van der Waals surface area contributed by atoms with E-state index in [-0.39, 0.29) is 11.5 Å². The highest BCUT2D eigenvalue weighted by atomic mass is 16.3. The van der Waals surface area contributed by atoms with Crippen LogP contribution >= 0.6 is 0 Å². The van der Waals surface area contributed by atoms with Gasteiger partial charge in [0.15, 0.2) is 0 Å². The lowest BCUT2D eigenvalue weighted by Gasteiger charge is -2.35. The molecule has 0 aliphatic heterocycles. The second kappa shape index (κ2) is 16.1. The summed E-state index contributed by atoms with van der Waals surface area (Å²) in [5.74, 6) is 0.352. The second-order valence-electron chi connectivity index (χ2n) is 13.8. The molecule has 0 spiro atoms. The molecule has 1 unspecified atom stereocenters. The van der Waals surface area contributed by atoms with Gasteiger partial charge in [0.05, 0.1) is 6.10 Å². The molecule has 0 aromatic carbocycles. The zero-order valence-corrected chi connectivity index (χ0v) is 27.9. The van der Waals surface area contributed by atoms with Crippen molar-refractivity contribution in [3.63, 3.8) is 0 Å². The summed E-state index contributed by atoms with van der Waals surface area (Å²) in [7, 11) is 0. The summed E-state index contributed by atoms with van der Waals surface area (Å²) in [5.41, 5.74) is 10.1. The molecule has 0 fully saturated rings. The Morgan fingerprint density at radius 1 is 0.829 bits per heavy atom. The summed E-state index contributed by atoms with van der Waals surface area (Å²) in [4.78, 5) is 0. The third kappa shape index (κ3) is 12.0. The van der Waals surface area contributed by atoms with E-state index in [9.17, 15) is 5.11 Å². The molecule has 1 nitrogen and oxygen atoms in total. The molecule has 2 atom stereocenters. The number of allylic oxidation sites excluding steroid dienone is 19. The minimum Gasteiger partial charge on any atom is -0.393 e. The van der Waals surface area contributed by atoms with Crippen LogP contribution in [0.3, 0.4) is 0 Å². The lowest BCUT2D eigenvalue weighted by molar-refractivity contribution is 0.116. The van der Waals surface area contributed by atoms with Crippen molar-refractivity contribution in [2.75, 3.05) is 0 Å². The summed E-state index contributed by atoms with van der Waals surface area (Å²) in [6.07, 6.45) is 34.9. The molecule has 1 N–H and O–H groups in total. The third-order valence-electron chi connectivity index (χ3n) is 8.68. The van der Waals surface area contributed by atoms with Gasteiger partial charge >= 0.3 is 0 Å². The Hall–Kier alpha value is -2.64. The molecule has 0 saturated carbocycles. The van der Waals surface area contributed by atoms with Crippen LogP contribution in [0.5, 0.6) is 0 Å². The Kier molecular flexibility index (Phi) is 13.6. The Morgan fingerprint density at radius 3 is 2.05 bits per heavy atom. The molecule has 2 rings (SSSR count). The Bertz CT molecular complexity index is 1190. The topological polar surface area (TPSA) is 20.2 Å². The van der Waals surface area contributed by atoms with Gasteiger partial charge in [0.2, 0.25) is 0 Å². The van der Waals surface area contributed by atoms with E-state index >= 15 is 0 Å². The van der Waals surface area contributed by atoms with E-state index in [2.05, 4.69) is 148 Å². The quantitative estimate of drug-likeness (QED) is 0.199. The highest BCUT2D eigenvalue weighted by Gasteiger charge is 2.31. The van der Waals surface area contributed by atoms with Crippen molar-refractivity contribution < 1.29 is 5.11 Å². The van der Waals surface area contributed by atoms with Gasteiger partial charge in [-0.15, -0.1) is 0 Å². The molecule has 0 heterocycles. The largest absolute Gasteiger partial charge is 0.393 e. The van der Waals surface area contributed by atoms with Crippen LogP contribution in [-0.2, 0) is 0 Å². The second-order valence-corrected chi connectivity index (χ2v) is 13.8. The summed E-state index contributed by atoms with van der Waals surface area (Å²) in [6, 6.07) is 0. The van der Waals surface area contributed by atoms with E-state index in [0.717, 1.165) is 19.3 Å². The summed E-state index contributed by atoms with van der Waals surface area (Å²) in [6.45, 7) is 22.4. The number of aliphatic hydroxyl groups excluding tert-OH is 1. The maximum Gasteiger partial charge on any atom is 0.0585 e. The fraction of sp³-hybridized carbons (Fsp3) is 0.500. The zero-order chi connectivity index (χ0) is 30.6. The van der Waals surface area contributed by atoms with E-state index in [1.165, 1.54) is 47.1 Å². The molecule has 0 saturated heterocycles. The van der Waals surface area contributed by atoms with Crippen molar-refractivity contribution in [2.24, 2.45) is 16.7 Å². The van der Waals surface area contributed by atoms with E-state index in [1.807, 2.05) is 0 Å². The van der Waals surface area contributed by atoms with Crippen molar-refractivity contribution in [1.82, 2.24) is 0 Å². The van der Waals surface area contributed by atoms with Gasteiger partial charge in [-0.3, -0.25) is 0 Å². The maximum absolute atomic E-state index is 10.1. The first-order valence-corrected chi connectivity index (χ1v) is 15.7. The lowest BCUT2D eigenvalue weighted by atomic mass is 9.71. The number of aliphatic hydroxyl groups is 1. The fourth-order valence-electron chi connectivity index (χ4n) is 6.21. The Balaban J connectivity index is 1.85. The first-order chi connectivity index (χ1) is 19.2. The van der Waals surface area contributed by atoms with Crippen LogP contribution in [-0.4, -0.2) is 11.2 Å². The maximum atomic E-state index is 10.1. The van der Waals surface area contributed by atoms with Crippen molar-refractivity contribution >= 4 is 0 Å². The molecular formula is C40H58O. The van der Waals surface area contributed by atoms with Crippen LogP contribution in [0.1, 0.15) is 108 Å². The van der Waals surface area contributed by atoms with Crippen molar-refractivity contribution in [3.05, 3.63) is 118 Å². The number of hydrogen-bond acceptors (Lipinski definition) is 1. The van der Waals surface area contributed by atoms with Crippen LogP contribution in [0.15, 0.2) is 118 Å². The monoisotopic (exact) mass is 554 g/mol. The van der Waals surface area contributed by atoms with E-state index < -0.39 is 0 Å². The molecule has 2 aliphatic rings. The molecular weight excluding hydrogens is 496 g/mol.